The molecule has 2 aromatic carbocycles. The molecule has 3 aliphatic rings. The van der Waals surface area contributed by atoms with Crippen molar-refractivity contribution in [1.29, 1.82) is 0 Å². The highest BCUT2D eigenvalue weighted by atomic mass is 32.2. The van der Waals surface area contributed by atoms with Crippen molar-refractivity contribution < 1.29 is 27.4 Å². The normalized spacial score (nSPS) is 20.0. The number of rotatable bonds is 9. The summed E-state index contributed by atoms with van der Waals surface area (Å²) in [5.74, 6) is -1.05. The van der Waals surface area contributed by atoms with Gasteiger partial charge in [0, 0.05) is 69.2 Å². The highest BCUT2D eigenvalue weighted by molar-refractivity contribution is 7.91. The largest absolute Gasteiger partial charge is 0.479 e. The third-order valence-electron chi connectivity index (χ3n) is 11.0. The minimum absolute atomic E-state index is 0.112. The monoisotopic (exact) mass is 734 g/mol. The Morgan fingerprint density at radius 1 is 0.962 bits per heavy atom. The number of hydrogen-bond donors (Lipinski definition) is 1. The number of sulfone groups is 1. The third kappa shape index (κ3) is 8.86. The lowest BCUT2D eigenvalue weighted by Gasteiger charge is -2.41. The number of fused-ring (bicyclic) bond motifs is 1. The first-order valence-electron chi connectivity index (χ1n) is 18.6. The summed E-state index contributed by atoms with van der Waals surface area (Å²) in [6, 6.07) is 11.6. The molecule has 9 nitrogen and oxygen atoms in total. The summed E-state index contributed by atoms with van der Waals surface area (Å²) in [6.45, 7) is 19.2. The summed E-state index contributed by atoms with van der Waals surface area (Å²) in [7, 11) is -3.07. The number of benzene rings is 2. The summed E-state index contributed by atoms with van der Waals surface area (Å²) in [5.41, 5.74) is 8.77. The van der Waals surface area contributed by atoms with Gasteiger partial charge in [0.2, 0.25) is 0 Å². The van der Waals surface area contributed by atoms with E-state index in [2.05, 4.69) is 46.7 Å². The molecule has 1 N–H and O–H groups in total. The van der Waals surface area contributed by atoms with Gasteiger partial charge in [-0.05, 0) is 99.2 Å². The van der Waals surface area contributed by atoms with E-state index in [-0.39, 0.29) is 22.7 Å². The number of halogens is 1. The topological polar surface area (TPSA) is 103 Å². The fraction of sp³-hybridized carbons (Fsp3) is 0.561. The number of carbonyl (C=O) groups is 1. The average Bonchev–Trinajstić information content (AvgIpc) is 3.05. The molecule has 3 aliphatic heterocycles. The Kier molecular flexibility index (Phi) is 10.9. The molecule has 52 heavy (non-hydrogen) atoms. The molecule has 0 bridgehead atoms. The smallest absolute Gasteiger partial charge is 0.337 e. The average molecular weight is 735 g/mol. The number of aliphatic carboxylic acids is 1. The van der Waals surface area contributed by atoms with Crippen LogP contribution in [0.25, 0.3) is 11.1 Å². The van der Waals surface area contributed by atoms with Crippen molar-refractivity contribution in [2.24, 2.45) is 5.41 Å². The van der Waals surface area contributed by atoms with Crippen molar-refractivity contribution >= 4 is 21.5 Å². The molecule has 2 saturated heterocycles. The van der Waals surface area contributed by atoms with Crippen molar-refractivity contribution in [3.05, 3.63) is 81.4 Å². The van der Waals surface area contributed by atoms with Crippen LogP contribution in [0.4, 0.5) is 10.1 Å². The molecular formula is C41H55FN4O5S. The molecule has 0 aliphatic carbocycles. The van der Waals surface area contributed by atoms with Gasteiger partial charge < -0.3 is 14.7 Å². The van der Waals surface area contributed by atoms with E-state index >= 15 is 0 Å². The Hall–Kier alpha value is -3.38. The maximum absolute atomic E-state index is 13.8. The first-order valence-corrected chi connectivity index (χ1v) is 20.4. The van der Waals surface area contributed by atoms with Gasteiger partial charge in [-0.2, -0.15) is 0 Å². The number of carboxylic acid groups (broad SMARTS) is 1. The molecule has 3 aromatic rings. The van der Waals surface area contributed by atoms with E-state index in [1.807, 2.05) is 40.7 Å². The van der Waals surface area contributed by atoms with Crippen molar-refractivity contribution in [3.63, 3.8) is 0 Å². The van der Waals surface area contributed by atoms with Crippen molar-refractivity contribution in [2.75, 3.05) is 49.1 Å². The van der Waals surface area contributed by atoms with Gasteiger partial charge in [-0.3, -0.25) is 14.8 Å². The predicted molar refractivity (Wildman–Crippen MR) is 204 cm³/mol. The van der Waals surface area contributed by atoms with Crippen molar-refractivity contribution in [3.8, 4) is 11.1 Å². The van der Waals surface area contributed by atoms with Crippen LogP contribution in [-0.4, -0.2) is 84.1 Å². The fourth-order valence-corrected chi connectivity index (χ4v) is 9.12. The van der Waals surface area contributed by atoms with Crippen LogP contribution in [0, 0.1) is 25.1 Å². The zero-order chi connectivity index (χ0) is 37.6. The summed E-state index contributed by atoms with van der Waals surface area (Å²) in [4.78, 5) is 25.2. The first-order chi connectivity index (χ1) is 24.4. The molecule has 1 unspecified atom stereocenters. The van der Waals surface area contributed by atoms with Gasteiger partial charge in [0.1, 0.15) is 5.82 Å². The third-order valence-corrected chi connectivity index (χ3v) is 12.6. The Bertz CT molecular complexity index is 1920. The van der Waals surface area contributed by atoms with Crippen LogP contribution < -0.4 is 4.90 Å². The molecule has 0 amide bonds. The fourth-order valence-electron chi connectivity index (χ4n) is 7.84. The molecule has 4 heterocycles. The van der Waals surface area contributed by atoms with E-state index in [4.69, 9.17) is 9.72 Å². The maximum atomic E-state index is 13.8. The Morgan fingerprint density at radius 3 is 2.29 bits per heavy atom. The Morgan fingerprint density at radius 2 is 1.65 bits per heavy atom. The number of nitrogens with zero attached hydrogens (tertiary/aromatic N) is 4. The molecule has 0 saturated carbocycles. The quantitative estimate of drug-likeness (QED) is 0.253. The van der Waals surface area contributed by atoms with Crippen LogP contribution in [0.1, 0.15) is 92.8 Å². The zero-order valence-electron chi connectivity index (χ0n) is 31.9. The van der Waals surface area contributed by atoms with Crippen molar-refractivity contribution in [1.82, 2.24) is 14.8 Å². The molecule has 282 valence electrons. The minimum atomic E-state index is -3.07. The molecular weight excluding hydrogens is 680 g/mol. The Balaban J connectivity index is 1.47. The lowest BCUT2D eigenvalue weighted by molar-refractivity contribution is -0.160. The summed E-state index contributed by atoms with van der Waals surface area (Å²) < 4.78 is 44.8. The van der Waals surface area contributed by atoms with Gasteiger partial charge in [0.25, 0.3) is 0 Å². The maximum Gasteiger partial charge on any atom is 0.337 e. The van der Waals surface area contributed by atoms with E-state index < -0.39 is 27.5 Å². The number of carboxylic acids is 1. The summed E-state index contributed by atoms with van der Waals surface area (Å²) in [5, 5.41) is 10.7. The van der Waals surface area contributed by atoms with E-state index in [9.17, 15) is 22.7 Å². The molecule has 0 spiro atoms. The lowest BCUT2D eigenvalue weighted by atomic mass is 9.81. The molecule has 1 atom stereocenters. The number of aryl methyl sites for hydroxylation is 2. The van der Waals surface area contributed by atoms with Crippen LogP contribution in [0.5, 0.6) is 0 Å². The highest BCUT2D eigenvalue weighted by Crippen LogP contribution is 2.46. The van der Waals surface area contributed by atoms with Gasteiger partial charge in [-0.15, -0.1) is 0 Å². The standard InChI is InChI=1S/C41H55FN4O5S/c1-27-22-33(42)11-10-31(27)24-45-15-12-29-23-30(8-9-32(29)25-45)36-34(26-44-18-20-52(49,50)21-19-44)43-28(2)35(38(39(47)48)51-40(3,4)5)37(36)46-16-13-41(6,7)14-17-46/h8-11,22-23,38H,12-21,24-26H2,1-7H3,(H,47,48). The number of pyridine rings is 1. The van der Waals surface area contributed by atoms with Gasteiger partial charge in [0.15, 0.2) is 15.9 Å². The van der Waals surface area contributed by atoms with Gasteiger partial charge in [-0.25, -0.2) is 17.6 Å². The Labute approximate surface area is 309 Å². The van der Waals surface area contributed by atoms with Crippen molar-refractivity contribution in [2.45, 2.75) is 99.1 Å². The zero-order valence-corrected chi connectivity index (χ0v) is 32.7. The number of aromatic nitrogens is 1. The van der Waals surface area contributed by atoms with Crippen LogP contribution in [0.2, 0.25) is 0 Å². The molecule has 11 heteroatoms. The number of hydrogen-bond acceptors (Lipinski definition) is 8. The first kappa shape index (κ1) is 38.3. The highest BCUT2D eigenvalue weighted by Gasteiger charge is 2.37. The molecule has 1 aromatic heterocycles. The van der Waals surface area contributed by atoms with E-state index in [0.717, 1.165) is 85.6 Å². The SMILES string of the molecule is Cc1cc(F)ccc1CN1CCc2cc(-c3c(CN4CCS(=O)(=O)CC4)nc(C)c(C(OC(C)(C)C)C(=O)O)c3N3CCC(C)(C)CC3)ccc2C1. The lowest BCUT2D eigenvalue weighted by Crippen LogP contribution is -2.41. The predicted octanol–water partition coefficient (Wildman–Crippen LogP) is 6.86. The van der Waals surface area contributed by atoms with Crippen LogP contribution in [-0.2, 0) is 45.4 Å². The van der Waals surface area contributed by atoms with Gasteiger partial charge >= 0.3 is 5.97 Å². The van der Waals surface area contributed by atoms with E-state index in [1.54, 1.807) is 6.07 Å². The number of anilines is 1. The summed E-state index contributed by atoms with van der Waals surface area (Å²) >= 11 is 0. The minimum Gasteiger partial charge on any atom is -0.479 e. The van der Waals surface area contributed by atoms with Crippen LogP contribution >= 0.6 is 0 Å². The summed E-state index contributed by atoms with van der Waals surface area (Å²) in [6.07, 6.45) is 1.52. The second-order valence-electron chi connectivity index (χ2n) is 16.8. The second kappa shape index (κ2) is 14.8. The number of piperidine rings is 1. The van der Waals surface area contributed by atoms with E-state index in [0.29, 0.717) is 30.9 Å². The van der Waals surface area contributed by atoms with E-state index in [1.165, 1.54) is 17.2 Å². The second-order valence-corrected chi connectivity index (χ2v) is 19.1. The number of ether oxygens (including phenoxy) is 1. The van der Waals surface area contributed by atoms with Gasteiger partial charge in [-0.1, -0.05) is 38.1 Å². The molecule has 0 radical (unpaired) electrons. The van der Waals surface area contributed by atoms with Gasteiger partial charge in [0.05, 0.1) is 28.5 Å². The molecule has 6 rings (SSSR count). The van der Waals surface area contributed by atoms with Crippen LogP contribution in [0.3, 0.4) is 0 Å². The van der Waals surface area contributed by atoms with Crippen LogP contribution in [0.15, 0.2) is 36.4 Å². The molecule has 2 fully saturated rings.